The second kappa shape index (κ2) is 8.51. The van der Waals surface area contributed by atoms with E-state index < -0.39 is 6.05 Å². The quantitative estimate of drug-likeness (QED) is 0.336. The zero-order valence-corrected chi connectivity index (χ0v) is 12.6. The molecule has 0 amide bonds. The summed E-state index contributed by atoms with van der Waals surface area (Å²) in [6, 6.07) is -0.492. The third-order valence-corrected chi connectivity index (χ3v) is 6.72. The van der Waals surface area contributed by atoms with E-state index >= 15 is 0 Å². The van der Waals surface area contributed by atoms with Crippen molar-refractivity contribution in [2.75, 3.05) is 6.61 Å². The first-order chi connectivity index (χ1) is 7.72. The lowest BCUT2D eigenvalue weighted by molar-refractivity contribution is 0.138. The number of hydrogen-bond donors (Lipinski definition) is 1. The van der Waals surface area contributed by atoms with Gasteiger partial charge in [0.05, 0.1) is 18.4 Å². The van der Waals surface area contributed by atoms with Crippen LogP contribution in [0, 0.1) is 0 Å². The van der Waals surface area contributed by atoms with Crippen molar-refractivity contribution in [1.82, 2.24) is 5.09 Å². The van der Waals surface area contributed by atoms with E-state index in [1.807, 2.05) is 20.2 Å². The van der Waals surface area contributed by atoms with Crippen LogP contribution in [-0.4, -0.2) is 24.4 Å². The highest BCUT2D eigenvalue weighted by molar-refractivity contribution is 8.63. The van der Waals surface area contributed by atoms with Crippen LogP contribution in [0.5, 0.6) is 0 Å². The zero-order chi connectivity index (χ0) is 11.8. The fourth-order valence-corrected chi connectivity index (χ4v) is 5.30. The fraction of sp³-hybridized carbons (Fsp3) is 0.900. The van der Waals surface area contributed by atoms with E-state index in [0.29, 0.717) is 6.04 Å². The van der Waals surface area contributed by atoms with Crippen molar-refractivity contribution >= 4 is 35.6 Å². The molecule has 0 bridgehead atoms. The van der Waals surface area contributed by atoms with Crippen LogP contribution in [0.1, 0.15) is 39.5 Å². The summed E-state index contributed by atoms with van der Waals surface area (Å²) >= 11 is 7.05. The molecule has 1 aliphatic rings. The van der Waals surface area contributed by atoms with Gasteiger partial charge in [-0.15, -0.1) is 0 Å². The Bertz CT molecular complexity index is 245. The van der Waals surface area contributed by atoms with Crippen molar-refractivity contribution in [2.45, 2.75) is 51.0 Å². The monoisotopic (exact) mass is 280 g/mol. The molecule has 1 N–H and O–H groups in total. The molecule has 16 heavy (non-hydrogen) atoms. The second-order valence-corrected chi connectivity index (χ2v) is 9.48. The highest BCUT2D eigenvalue weighted by Gasteiger charge is 2.12. The molecule has 94 valence electrons. The van der Waals surface area contributed by atoms with Gasteiger partial charge in [0.2, 0.25) is 0 Å². The Kier molecular flexibility index (Phi) is 7.71. The first-order valence-corrected chi connectivity index (χ1v) is 10.1. The minimum Gasteiger partial charge on any atom is -0.368 e. The van der Waals surface area contributed by atoms with E-state index in [2.05, 4.69) is 10.1 Å². The summed E-state index contributed by atoms with van der Waals surface area (Å²) in [4.78, 5) is 4.48. The molecule has 2 atom stereocenters. The van der Waals surface area contributed by atoms with Gasteiger partial charge in [-0.1, -0.05) is 36.0 Å². The SMILES string of the molecule is CCOC(C)S[PH](=S)NC=NC1CCCC1. The van der Waals surface area contributed by atoms with Crippen molar-refractivity contribution in [3.8, 4) is 0 Å². The Balaban J connectivity index is 2.13. The Morgan fingerprint density at radius 3 is 2.94 bits per heavy atom. The van der Waals surface area contributed by atoms with Crippen LogP contribution in [0.3, 0.4) is 0 Å². The lowest BCUT2D eigenvalue weighted by Gasteiger charge is -2.12. The molecule has 0 aromatic carbocycles. The molecule has 3 nitrogen and oxygen atoms in total. The van der Waals surface area contributed by atoms with Gasteiger partial charge in [-0.2, -0.15) is 0 Å². The van der Waals surface area contributed by atoms with Crippen molar-refractivity contribution in [3.63, 3.8) is 0 Å². The molecule has 2 unspecified atom stereocenters. The van der Waals surface area contributed by atoms with E-state index in [0.717, 1.165) is 6.61 Å². The van der Waals surface area contributed by atoms with Crippen LogP contribution in [0.2, 0.25) is 0 Å². The zero-order valence-electron chi connectivity index (χ0n) is 9.94. The average Bonchev–Trinajstić information content (AvgIpc) is 2.70. The van der Waals surface area contributed by atoms with Gasteiger partial charge in [-0.3, -0.25) is 4.99 Å². The van der Waals surface area contributed by atoms with Crippen LogP contribution in [0.25, 0.3) is 0 Å². The van der Waals surface area contributed by atoms with Crippen molar-refractivity contribution < 1.29 is 4.74 Å². The number of rotatable bonds is 7. The lowest BCUT2D eigenvalue weighted by atomic mass is 10.3. The summed E-state index contributed by atoms with van der Waals surface area (Å²) in [6.07, 6.45) is 6.94. The fourth-order valence-electron chi connectivity index (χ4n) is 1.70. The minimum atomic E-state index is -1.03. The summed E-state index contributed by atoms with van der Waals surface area (Å²) in [5, 5.41) is 3.21. The summed E-state index contributed by atoms with van der Waals surface area (Å²) in [5.74, 6) is 0. The second-order valence-electron chi connectivity index (χ2n) is 3.79. The molecule has 0 aromatic rings. The largest absolute Gasteiger partial charge is 0.368 e. The molecule has 0 aliphatic heterocycles. The van der Waals surface area contributed by atoms with Gasteiger partial charge in [0.15, 0.2) is 0 Å². The van der Waals surface area contributed by atoms with Crippen LogP contribution in [0.4, 0.5) is 0 Å². The number of nitrogens with zero attached hydrogens (tertiary/aromatic N) is 1. The third-order valence-electron chi connectivity index (χ3n) is 2.47. The topological polar surface area (TPSA) is 33.6 Å². The Labute approximate surface area is 108 Å². The Hall–Kier alpha value is 0.430. The van der Waals surface area contributed by atoms with Gasteiger partial charge >= 0.3 is 0 Å². The van der Waals surface area contributed by atoms with E-state index in [9.17, 15) is 0 Å². The van der Waals surface area contributed by atoms with E-state index in [-0.39, 0.29) is 5.44 Å². The maximum absolute atomic E-state index is 5.43. The van der Waals surface area contributed by atoms with Crippen LogP contribution < -0.4 is 5.09 Å². The molecule has 1 saturated carbocycles. The smallest absolute Gasteiger partial charge is 0.106 e. The molecule has 1 rings (SSSR count). The minimum absolute atomic E-state index is 0.184. The number of hydrogen-bond acceptors (Lipinski definition) is 4. The predicted molar refractivity (Wildman–Crippen MR) is 78.2 cm³/mol. The van der Waals surface area contributed by atoms with Gasteiger partial charge in [0.25, 0.3) is 0 Å². The number of nitrogens with one attached hydrogen (secondary N) is 1. The van der Waals surface area contributed by atoms with Crippen molar-refractivity contribution in [1.29, 1.82) is 0 Å². The number of aliphatic imine (C=N–C) groups is 1. The molecule has 6 heteroatoms. The van der Waals surface area contributed by atoms with Gasteiger partial charge in [-0.05, 0) is 26.7 Å². The normalized spacial score (nSPS) is 21.4. The van der Waals surface area contributed by atoms with Gasteiger partial charge in [0, 0.05) is 6.61 Å². The average molecular weight is 280 g/mol. The molecule has 0 aromatic heterocycles. The van der Waals surface area contributed by atoms with E-state index in [4.69, 9.17) is 16.5 Å². The van der Waals surface area contributed by atoms with Crippen molar-refractivity contribution in [2.24, 2.45) is 4.99 Å². The molecule has 0 radical (unpaired) electrons. The van der Waals surface area contributed by atoms with Crippen LogP contribution in [0.15, 0.2) is 4.99 Å². The molecule has 1 fully saturated rings. The molecule has 0 saturated heterocycles. The van der Waals surface area contributed by atoms with Crippen molar-refractivity contribution in [3.05, 3.63) is 0 Å². The molecular formula is C10H21N2OPS2. The van der Waals surface area contributed by atoms with Gasteiger partial charge < -0.3 is 9.82 Å². The maximum atomic E-state index is 5.43. The Morgan fingerprint density at radius 1 is 1.62 bits per heavy atom. The molecule has 0 heterocycles. The summed E-state index contributed by atoms with van der Waals surface area (Å²) in [5.41, 5.74) is 0.184. The maximum Gasteiger partial charge on any atom is 0.106 e. The standard InChI is InChI=1S/C10H21N2OPS2/c1-3-13-9(2)16-14(15)12-8-11-10-6-4-5-7-10/h8-10,14H,3-7H2,1-2H3,(H,11,12,15). The highest BCUT2D eigenvalue weighted by atomic mass is 32.9. The van der Waals surface area contributed by atoms with E-state index in [1.165, 1.54) is 25.7 Å². The predicted octanol–water partition coefficient (Wildman–Crippen LogP) is 3.17. The molecule has 1 aliphatic carbocycles. The lowest BCUT2D eigenvalue weighted by Crippen LogP contribution is -2.06. The molecule has 0 spiro atoms. The summed E-state index contributed by atoms with van der Waals surface area (Å²) < 4.78 is 5.43. The van der Waals surface area contributed by atoms with Gasteiger partial charge in [-0.25, -0.2) is 0 Å². The van der Waals surface area contributed by atoms with E-state index in [1.54, 1.807) is 11.4 Å². The first kappa shape index (κ1) is 14.5. The number of ether oxygens (including phenoxy) is 1. The highest BCUT2D eigenvalue weighted by Crippen LogP contribution is 2.37. The van der Waals surface area contributed by atoms with Crippen LogP contribution in [-0.2, 0) is 16.5 Å². The Morgan fingerprint density at radius 2 is 2.31 bits per heavy atom. The third kappa shape index (κ3) is 6.24. The first-order valence-electron chi connectivity index (χ1n) is 5.82. The summed E-state index contributed by atoms with van der Waals surface area (Å²) in [6.45, 7) is 4.79. The van der Waals surface area contributed by atoms with Crippen LogP contribution >= 0.6 is 17.4 Å². The summed E-state index contributed by atoms with van der Waals surface area (Å²) in [7, 11) is 0. The molecular weight excluding hydrogens is 259 g/mol. The van der Waals surface area contributed by atoms with Gasteiger partial charge in [0.1, 0.15) is 5.44 Å².